The van der Waals surface area contributed by atoms with Crippen LogP contribution in [0.15, 0.2) is 51.9 Å². The van der Waals surface area contributed by atoms with E-state index in [1.165, 1.54) is 0 Å². The lowest BCUT2D eigenvalue weighted by Gasteiger charge is -2.31. The van der Waals surface area contributed by atoms with Crippen molar-refractivity contribution in [1.29, 1.82) is 0 Å². The SMILES string of the molecule is CSc1ccccc1NC(=O)C1CCCN(Cc2nc(-c3ccc(Cl)cc3Cl)no2)C1. The fourth-order valence-corrected chi connectivity index (χ4v) is 4.73. The van der Waals surface area contributed by atoms with Gasteiger partial charge in [0.25, 0.3) is 0 Å². The molecular formula is C22H22Cl2N4O2S. The van der Waals surface area contributed by atoms with E-state index in [0.717, 1.165) is 30.0 Å². The van der Waals surface area contributed by atoms with Crippen molar-refractivity contribution in [3.8, 4) is 11.4 Å². The molecule has 1 fully saturated rings. The van der Waals surface area contributed by atoms with Gasteiger partial charge in [-0.15, -0.1) is 11.8 Å². The number of amides is 1. The van der Waals surface area contributed by atoms with Crippen molar-refractivity contribution in [3.63, 3.8) is 0 Å². The number of nitrogens with zero attached hydrogens (tertiary/aromatic N) is 3. The fraction of sp³-hybridized carbons (Fsp3) is 0.318. The van der Waals surface area contributed by atoms with Crippen LogP contribution in [0, 0.1) is 5.92 Å². The van der Waals surface area contributed by atoms with Gasteiger partial charge >= 0.3 is 0 Å². The monoisotopic (exact) mass is 476 g/mol. The first-order chi connectivity index (χ1) is 15.0. The molecule has 2 heterocycles. The fourth-order valence-electron chi connectivity index (χ4n) is 3.69. The minimum atomic E-state index is -0.0863. The average Bonchev–Trinajstić information content (AvgIpc) is 3.22. The molecule has 1 aliphatic heterocycles. The first-order valence-electron chi connectivity index (χ1n) is 9.97. The van der Waals surface area contributed by atoms with Gasteiger partial charge in [0.2, 0.25) is 17.6 Å². The second-order valence-corrected chi connectivity index (χ2v) is 9.09. The Morgan fingerprint density at radius 2 is 2.13 bits per heavy atom. The number of piperidine rings is 1. The number of rotatable bonds is 6. The van der Waals surface area contributed by atoms with E-state index >= 15 is 0 Å². The van der Waals surface area contributed by atoms with Crippen LogP contribution >= 0.6 is 35.0 Å². The van der Waals surface area contributed by atoms with Crippen molar-refractivity contribution in [2.24, 2.45) is 5.92 Å². The molecule has 6 nitrogen and oxygen atoms in total. The highest BCUT2D eigenvalue weighted by molar-refractivity contribution is 7.98. The molecule has 1 atom stereocenters. The Kier molecular flexibility index (Phi) is 7.17. The Balaban J connectivity index is 1.39. The summed E-state index contributed by atoms with van der Waals surface area (Å²) in [5.41, 5.74) is 1.53. The van der Waals surface area contributed by atoms with Crippen LogP contribution < -0.4 is 5.32 Å². The molecule has 1 saturated heterocycles. The second kappa shape index (κ2) is 10.0. The first-order valence-corrected chi connectivity index (χ1v) is 12.0. The zero-order chi connectivity index (χ0) is 21.8. The van der Waals surface area contributed by atoms with Gasteiger partial charge in [0.05, 0.1) is 23.2 Å². The van der Waals surface area contributed by atoms with Crippen molar-refractivity contribution in [2.45, 2.75) is 24.3 Å². The van der Waals surface area contributed by atoms with E-state index in [9.17, 15) is 4.79 Å². The van der Waals surface area contributed by atoms with Gasteiger partial charge in [-0.2, -0.15) is 4.98 Å². The van der Waals surface area contributed by atoms with Gasteiger partial charge in [-0.1, -0.05) is 40.5 Å². The summed E-state index contributed by atoms with van der Waals surface area (Å²) in [4.78, 5) is 20.6. The zero-order valence-corrected chi connectivity index (χ0v) is 19.3. The second-order valence-electron chi connectivity index (χ2n) is 7.40. The van der Waals surface area contributed by atoms with Gasteiger partial charge in [0, 0.05) is 22.0 Å². The van der Waals surface area contributed by atoms with Gasteiger partial charge in [0.15, 0.2) is 0 Å². The largest absolute Gasteiger partial charge is 0.338 e. The lowest BCUT2D eigenvalue weighted by Crippen LogP contribution is -2.40. The molecule has 162 valence electrons. The minimum Gasteiger partial charge on any atom is -0.338 e. The molecule has 1 aliphatic rings. The van der Waals surface area contributed by atoms with E-state index in [4.69, 9.17) is 27.7 Å². The van der Waals surface area contributed by atoms with Crippen LogP contribution in [0.4, 0.5) is 5.69 Å². The van der Waals surface area contributed by atoms with Gasteiger partial charge < -0.3 is 9.84 Å². The number of para-hydroxylation sites is 1. The van der Waals surface area contributed by atoms with Crippen LogP contribution in [0.1, 0.15) is 18.7 Å². The van der Waals surface area contributed by atoms with Gasteiger partial charge in [-0.3, -0.25) is 9.69 Å². The Morgan fingerprint density at radius 1 is 1.29 bits per heavy atom. The molecule has 3 aromatic rings. The lowest BCUT2D eigenvalue weighted by atomic mass is 9.97. The number of hydrogen-bond donors (Lipinski definition) is 1. The van der Waals surface area contributed by atoms with E-state index in [1.807, 2.05) is 30.5 Å². The van der Waals surface area contributed by atoms with Crippen LogP contribution in [-0.2, 0) is 11.3 Å². The average molecular weight is 477 g/mol. The Morgan fingerprint density at radius 3 is 2.94 bits per heavy atom. The van der Waals surface area contributed by atoms with Crippen LogP contribution in [0.25, 0.3) is 11.4 Å². The maximum absolute atomic E-state index is 12.9. The standard InChI is InChI=1S/C22H22Cl2N4O2S/c1-31-19-7-3-2-6-18(19)25-22(29)14-5-4-10-28(12-14)13-20-26-21(27-30-20)16-9-8-15(23)11-17(16)24/h2-3,6-9,11,14H,4-5,10,12-13H2,1H3,(H,25,29). The third kappa shape index (κ3) is 5.41. The lowest BCUT2D eigenvalue weighted by molar-refractivity contribution is -0.121. The summed E-state index contributed by atoms with van der Waals surface area (Å²) in [6.07, 6.45) is 3.80. The van der Waals surface area contributed by atoms with E-state index < -0.39 is 0 Å². The molecule has 0 radical (unpaired) electrons. The number of nitrogens with one attached hydrogen (secondary N) is 1. The third-order valence-corrected chi connectivity index (χ3v) is 6.58. The summed E-state index contributed by atoms with van der Waals surface area (Å²) in [7, 11) is 0. The Bertz CT molecular complexity index is 1080. The predicted octanol–water partition coefficient (Wildman–Crippen LogP) is 5.62. The van der Waals surface area contributed by atoms with Crippen molar-refractivity contribution in [1.82, 2.24) is 15.0 Å². The number of benzene rings is 2. The normalized spacial score (nSPS) is 16.9. The highest BCUT2D eigenvalue weighted by atomic mass is 35.5. The maximum atomic E-state index is 12.9. The minimum absolute atomic E-state index is 0.0466. The molecule has 0 bridgehead atoms. The molecule has 2 aromatic carbocycles. The van der Waals surface area contributed by atoms with E-state index in [2.05, 4.69) is 20.4 Å². The topological polar surface area (TPSA) is 71.3 Å². The molecule has 9 heteroatoms. The van der Waals surface area contributed by atoms with E-state index in [0.29, 0.717) is 40.4 Å². The van der Waals surface area contributed by atoms with Crippen molar-refractivity contribution in [3.05, 3.63) is 58.4 Å². The van der Waals surface area contributed by atoms with Crippen molar-refractivity contribution >= 4 is 46.6 Å². The predicted molar refractivity (Wildman–Crippen MR) is 125 cm³/mol. The summed E-state index contributed by atoms with van der Waals surface area (Å²) in [6, 6.07) is 13.0. The van der Waals surface area contributed by atoms with Crippen LogP contribution in [0.3, 0.4) is 0 Å². The number of thioether (sulfide) groups is 1. The maximum Gasteiger partial charge on any atom is 0.241 e. The van der Waals surface area contributed by atoms with Crippen LogP contribution in [0.2, 0.25) is 10.0 Å². The number of carbonyl (C=O) groups excluding carboxylic acids is 1. The Labute approximate surface area is 195 Å². The number of anilines is 1. The van der Waals surface area contributed by atoms with Gasteiger partial charge in [-0.05, 0) is 56.0 Å². The van der Waals surface area contributed by atoms with Crippen molar-refractivity contribution in [2.75, 3.05) is 24.7 Å². The number of halogens is 2. The number of aromatic nitrogens is 2. The molecule has 4 rings (SSSR count). The van der Waals surface area contributed by atoms with E-state index in [-0.39, 0.29) is 11.8 Å². The third-order valence-electron chi connectivity index (χ3n) is 5.24. The van der Waals surface area contributed by atoms with Crippen LogP contribution in [-0.4, -0.2) is 40.3 Å². The molecule has 1 aromatic heterocycles. The molecule has 1 amide bonds. The first kappa shape index (κ1) is 22.1. The molecule has 1 unspecified atom stereocenters. The quantitative estimate of drug-likeness (QED) is 0.465. The van der Waals surface area contributed by atoms with Crippen molar-refractivity contribution < 1.29 is 9.32 Å². The molecule has 0 aliphatic carbocycles. The number of carbonyl (C=O) groups is 1. The number of likely N-dealkylation sites (tertiary alicyclic amines) is 1. The zero-order valence-electron chi connectivity index (χ0n) is 17.0. The highest BCUT2D eigenvalue weighted by Gasteiger charge is 2.27. The Hall–Kier alpha value is -2.06. The summed E-state index contributed by atoms with van der Waals surface area (Å²) in [6.45, 7) is 2.01. The molecular weight excluding hydrogens is 455 g/mol. The summed E-state index contributed by atoms with van der Waals surface area (Å²) in [5, 5.41) is 8.16. The molecule has 1 N–H and O–H groups in total. The highest BCUT2D eigenvalue weighted by Crippen LogP contribution is 2.29. The van der Waals surface area contributed by atoms with E-state index in [1.54, 1.807) is 30.0 Å². The summed E-state index contributed by atoms with van der Waals surface area (Å²) < 4.78 is 5.43. The summed E-state index contributed by atoms with van der Waals surface area (Å²) >= 11 is 13.8. The number of hydrogen-bond acceptors (Lipinski definition) is 6. The van der Waals surface area contributed by atoms with Crippen LogP contribution in [0.5, 0.6) is 0 Å². The smallest absolute Gasteiger partial charge is 0.241 e. The van der Waals surface area contributed by atoms with Gasteiger partial charge in [-0.25, -0.2) is 0 Å². The molecule has 0 saturated carbocycles. The molecule has 31 heavy (non-hydrogen) atoms. The molecule has 0 spiro atoms. The van der Waals surface area contributed by atoms with Gasteiger partial charge in [0.1, 0.15) is 0 Å². The summed E-state index contributed by atoms with van der Waals surface area (Å²) in [5.74, 6) is 0.883.